The Hall–Kier alpha value is -0.0100. The number of allylic oxidation sites excluding steroid dienone is 1. The van der Waals surface area contributed by atoms with Crippen LogP contribution in [0, 0.1) is 17.3 Å². The van der Waals surface area contributed by atoms with Gasteiger partial charge in [0.2, 0.25) is 0 Å². The van der Waals surface area contributed by atoms with Crippen LogP contribution in [0.15, 0.2) is 11.6 Å². The van der Waals surface area contributed by atoms with Gasteiger partial charge in [-0.05, 0) is 42.9 Å². The maximum absolute atomic E-state index is 6.03. The second kappa shape index (κ2) is 4.88. The minimum Gasteiger partial charge on any atom is -0.328 e. The second-order valence-electron chi connectivity index (χ2n) is 6.03. The lowest BCUT2D eigenvalue weighted by molar-refractivity contribution is 0.0993. The number of hydrogen-bond donors (Lipinski definition) is 1. The van der Waals surface area contributed by atoms with Crippen LogP contribution in [-0.4, -0.2) is 6.04 Å². The van der Waals surface area contributed by atoms with E-state index in [1.54, 1.807) is 0 Å². The van der Waals surface area contributed by atoms with Crippen LogP contribution < -0.4 is 5.73 Å². The van der Waals surface area contributed by atoms with Crippen LogP contribution in [0.4, 0.5) is 0 Å². The third kappa shape index (κ3) is 3.81. The lowest BCUT2D eigenvalue weighted by Gasteiger charge is -2.42. The van der Waals surface area contributed by atoms with Crippen LogP contribution in [0.2, 0.25) is 0 Å². The third-order valence-electron chi connectivity index (χ3n) is 3.62. The molecule has 1 fully saturated rings. The Kier molecular flexibility index (Phi) is 4.25. The van der Waals surface area contributed by atoms with Crippen molar-refractivity contribution in [2.45, 2.75) is 52.5 Å². The molecule has 0 aliphatic heterocycles. The quantitative estimate of drug-likeness (QED) is 0.763. The molecule has 3 atom stereocenters. The number of hydrogen-bond acceptors (Lipinski definition) is 1. The molecule has 0 radical (unpaired) electrons. The highest BCUT2D eigenvalue weighted by Gasteiger charge is 2.36. The number of nitrogens with two attached hydrogens (primary N) is 1. The molecule has 0 aromatic carbocycles. The maximum Gasteiger partial charge on any atom is 0.0112 e. The fourth-order valence-corrected chi connectivity index (χ4v) is 3.15. The van der Waals surface area contributed by atoms with Gasteiger partial charge in [-0.2, -0.15) is 0 Å². The van der Waals surface area contributed by atoms with E-state index in [1.807, 2.05) is 0 Å². The largest absolute Gasteiger partial charge is 0.328 e. The first-order valence-electron chi connectivity index (χ1n) is 5.89. The van der Waals surface area contributed by atoms with Gasteiger partial charge in [-0.1, -0.05) is 39.0 Å². The fraction of sp³-hybridized carbons (Fsp3) is 0.846. The van der Waals surface area contributed by atoms with Gasteiger partial charge in [-0.3, -0.25) is 0 Å². The van der Waals surface area contributed by atoms with Gasteiger partial charge < -0.3 is 5.73 Å². The zero-order chi connectivity index (χ0) is 11.6. The molecule has 3 unspecified atom stereocenters. The highest BCUT2D eigenvalue weighted by atomic mass is 35.5. The van der Waals surface area contributed by atoms with E-state index in [-0.39, 0.29) is 0 Å². The van der Waals surface area contributed by atoms with E-state index in [2.05, 4.69) is 27.4 Å². The summed E-state index contributed by atoms with van der Waals surface area (Å²) in [7, 11) is 0. The zero-order valence-corrected chi connectivity index (χ0v) is 11.0. The van der Waals surface area contributed by atoms with Crippen LogP contribution in [-0.2, 0) is 0 Å². The Labute approximate surface area is 99.1 Å². The Morgan fingerprint density at radius 1 is 1.40 bits per heavy atom. The average molecular weight is 230 g/mol. The van der Waals surface area contributed by atoms with Crippen molar-refractivity contribution in [2.75, 3.05) is 0 Å². The summed E-state index contributed by atoms with van der Waals surface area (Å²) in [6, 6.07) is 0.365. The molecule has 1 saturated carbocycles. The van der Waals surface area contributed by atoms with Crippen molar-refractivity contribution in [2.24, 2.45) is 23.0 Å². The summed E-state index contributed by atoms with van der Waals surface area (Å²) >= 11 is 5.94. The molecule has 1 aliphatic carbocycles. The molecule has 2 N–H and O–H groups in total. The summed E-state index contributed by atoms with van der Waals surface area (Å²) in [5.41, 5.74) is 6.39. The van der Waals surface area contributed by atoms with E-state index in [0.29, 0.717) is 17.4 Å². The molecular weight excluding hydrogens is 206 g/mol. The minimum atomic E-state index is 0.358. The van der Waals surface area contributed by atoms with Crippen molar-refractivity contribution in [3.05, 3.63) is 11.6 Å². The van der Waals surface area contributed by atoms with Gasteiger partial charge in [0.25, 0.3) is 0 Å². The molecule has 1 aliphatic rings. The summed E-state index contributed by atoms with van der Waals surface area (Å²) in [5.74, 6) is 1.35. The molecule has 0 saturated heterocycles. The van der Waals surface area contributed by atoms with Crippen molar-refractivity contribution in [1.82, 2.24) is 0 Å². The zero-order valence-electron chi connectivity index (χ0n) is 10.2. The van der Waals surface area contributed by atoms with Gasteiger partial charge in [0.15, 0.2) is 0 Å². The molecule has 2 heteroatoms. The van der Waals surface area contributed by atoms with Crippen LogP contribution in [0.25, 0.3) is 0 Å². The van der Waals surface area contributed by atoms with Gasteiger partial charge >= 0.3 is 0 Å². The second-order valence-corrected chi connectivity index (χ2v) is 6.56. The monoisotopic (exact) mass is 229 g/mol. The molecule has 88 valence electrons. The van der Waals surface area contributed by atoms with E-state index in [0.717, 1.165) is 30.2 Å². The van der Waals surface area contributed by atoms with Crippen LogP contribution >= 0.6 is 11.6 Å². The smallest absolute Gasteiger partial charge is 0.0112 e. The topological polar surface area (TPSA) is 26.0 Å². The van der Waals surface area contributed by atoms with E-state index in [1.165, 1.54) is 6.42 Å². The first kappa shape index (κ1) is 13.1. The molecule has 1 rings (SSSR count). The summed E-state index contributed by atoms with van der Waals surface area (Å²) in [6.07, 6.45) is 4.43. The van der Waals surface area contributed by atoms with Crippen LogP contribution in [0.5, 0.6) is 0 Å². The minimum absolute atomic E-state index is 0.358. The molecule has 0 heterocycles. The number of rotatable bonds is 2. The summed E-state index contributed by atoms with van der Waals surface area (Å²) in [5, 5.41) is 0.781. The highest BCUT2D eigenvalue weighted by Crippen LogP contribution is 2.44. The molecule has 0 aromatic heterocycles. The van der Waals surface area contributed by atoms with Gasteiger partial charge in [0.05, 0.1) is 0 Å². The summed E-state index contributed by atoms with van der Waals surface area (Å²) < 4.78 is 0. The molecule has 15 heavy (non-hydrogen) atoms. The van der Waals surface area contributed by atoms with E-state index >= 15 is 0 Å². The first-order valence-corrected chi connectivity index (χ1v) is 6.27. The predicted octanol–water partition coefficient (Wildman–Crippen LogP) is 3.92. The highest BCUT2D eigenvalue weighted by molar-refractivity contribution is 6.29. The fourth-order valence-electron chi connectivity index (χ4n) is 2.95. The Balaban J connectivity index is 2.70. The molecule has 1 nitrogen and oxygen atoms in total. The van der Waals surface area contributed by atoms with Crippen molar-refractivity contribution in [3.63, 3.8) is 0 Å². The molecular formula is C13H24ClN. The first-order chi connectivity index (χ1) is 6.80. The molecule has 0 aromatic rings. The van der Waals surface area contributed by atoms with Crippen LogP contribution in [0.3, 0.4) is 0 Å². The van der Waals surface area contributed by atoms with Gasteiger partial charge in [-0.25, -0.2) is 0 Å². The van der Waals surface area contributed by atoms with Gasteiger partial charge in [-0.15, -0.1) is 0 Å². The van der Waals surface area contributed by atoms with Crippen molar-refractivity contribution in [3.8, 4) is 0 Å². The van der Waals surface area contributed by atoms with Gasteiger partial charge in [0, 0.05) is 11.1 Å². The van der Waals surface area contributed by atoms with E-state index < -0.39 is 0 Å². The standard InChI is InChI=1S/C13H24ClN/c1-9(14)7-10-8-11(15)5-6-12(10)13(2,3)4/h10-12H,1,5-8,15H2,2-4H3. The van der Waals surface area contributed by atoms with Crippen molar-refractivity contribution < 1.29 is 0 Å². The SMILES string of the molecule is C=C(Cl)CC1CC(N)CCC1C(C)(C)C. The van der Waals surface area contributed by atoms with Gasteiger partial charge in [0.1, 0.15) is 0 Å². The van der Waals surface area contributed by atoms with Crippen LogP contribution in [0.1, 0.15) is 46.5 Å². The maximum atomic E-state index is 6.03. The summed E-state index contributed by atoms with van der Waals surface area (Å²) in [4.78, 5) is 0. The normalized spacial score (nSPS) is 32.7. The van der Waals surface area contributed by atoms with Crippen molar-refractivity contribution >= 4 is 11.6 Å². The predicted molar refractivity (Wildman–Crippen MR) is 67.9 cm³/mol. The third-order valence-corrected chi connectivity index (χ3v) is 3.77. The van der Waals surface area contributed by atoms with Crippen molar-refractivity contribution in [1.29, 1.82) is 0 Å². The Morgan fingerprint density at radius 2 is 2.00 bits per heavy atom. The Bertz CT molecular complexity index is 229. The lowest BCUT2D eigenvalue weighted by atomic mass is 9.64. The number of halogens is 1. The van der Waals surface area contributed by atoms with E-state index in [4.69, 9.17) is 17.3 Å². The average Bonchev–Trinajstić information content (AvgIpc) is 1.99. The molecule has 0 spiro atoms. The lowest BCUT2D eigenvalue weighted by Crippen LogP contribution is -2.38. The van der Waals surface area contributed by atoms with E-state index in [9.17, 15) is 0 Å². The molecule has 0 bridgehead atoms. The summed E-state index contributed by atoms with van der Waals surface area (Å²) in [6.45, 7) is 10.8. The Morgan fingerprint density at radius 3 is 2.47 bits per heavy atom. The molecule has 0 amide bonds.